The average Bonchev–Trinajstić information content (AvgIpc) is 2.93. The number of nitrogens with one attached hydrogen (secondary N) is 2. The minimum absolute atomic E-state index is 0.00293. The Morgan fingerprint density at radius 1 is 0.962 bits per heavy atom. The predicted octanol–water partition coefficient (Wildman–Crippen LogP) is 2.10. The van der Waals surface area contributed by atoms with Crippen LogP contribution >= 0.6 is 0 Å². The quantitative estimate of drug-likeness (QED) is 0.814. The maximum atomic E-state index is 12.8. The summed E-state index contributed by atoms with van der Waals surface area (Å²) in [6.07, 6.45) is 6.86. The molecule has 6 nitrogen and oxygen atoms in total. The van der Waals surface area contributed by atoms with Gasteiger partial charge in [0.05, 0.1) is 11.1 Å². The summed E-state index contributed by atoms with van der Waals surface area (Å²) in [6, 6.07) is 5.05. The van der Waals surface area contributed by atoms with Crippen molar-refractivity contribution in [1.29, 1.82) is 0 Å². The van der Waals surface area contributed by atoms with Crippen LogP contribution < -0.4 is 10.6 Å². The zero-order valence-corrected chi connectivity index (χ0v) is 14.9. The van der Waals surface area contributed by atoms with Crippen LogP contribution in [0, 0.1) is 0 Å². The van der Waals surface area contributed by atoms with Gasteiger partial charge in [-0.3, -0.25) is 19.3 Å². The van der Waals surface area contributed by atoms with Crippen LogP contribution in [0.2, 0.25) is 0 Å². The van der Waals surface area contributed by atoms with Gasteiger partial charge in [-0.25, -0.2) is 0 Å². The number of imide groups is 1. The van der Waals surface area contributed by atoms with Crippen molar-refractivity contribution in [2.75, 3.05) is 13.1 Å². The van der Waals surface area contributed by atoms with Gasteiger partial charge in [-0.05, 0) is 57.0 Å². The molecule has 1 aromatic carbocycles. The van der Waals surface area contributed by atoms with Crippen molar-refractivity contribution in [2.24, 2.45) is 0 Å². The standard InChI is InChI=1S/C20H25N3O3/c24-18(22-14-8-10-21-11-9-14)13-6-7-16-17(12-13)20(26)23(19(16)25)15-4-2-1-3-5-15/h6-7,12,14-15,21H,1-5,8-11H2,(H,22,24). The molecule has 0 atom stereocenters. The summed E-state index contributed by atoms with van der Waals surface area (Å²) in [5.41, 5.74) is 1.26. The monoisotopic (exact) mass is 355 g/mol. The van der Waals surface area contributed by atoms with Gasteiger partial charge in [0.15, 0.2) is 0 Å². The number of rotatable bonds is 3. The largest absolute Gasteiger partial charge is 0.349 e. The number of hydrogen-bond acceptors (Lipinski definition) is 4. The van der Waals surface area contributed by atoms with E-state index in [2.05, 4.69) is 10.6 Å². The molecule has 2 N–H and O–H groups in total. The summed E-state index contributed by atoms with van der Waals surface area (Å²) in [6.45, 7) is 1.80. The molecule has 6 heteroatoms. The van der Waals surface area contributed by atoms with Crippen molar-refractivity contribution in [2.45, 2.75) is 57.0 Å². The second-order valence-corrected chi connectivity index (χ2v) is 7.53. The first-order chi connectivity index (χ1) is 12.6. The highest BCUT2D eigenvalue weighted by Gasteiger charge is 2.40. The fourth-order valence-corrected chi connectivity index (χ4v) is 4.31. The number of amides is 3. The van der Waals surface area contributed by atoms with Gasteiger partial charge in [-0.1, -0.05) is 19.3 Å². The summed E-state index contributed by atoms with van der Waals surface area (Å²) in [4.78, 5) is 39.5. The van der Waals surface area contributed by atoms with Crippen LogP contribution in [-0.2, 0) is 0 Å². The summed E-state index contributed by atoms with van der Waals surface area (Å²) in [7, 11) is 0. The molecule has 2 aliphatic heterocycles. The second-order valence-electron chi connectivity index (χ2n) is 7.53. The van der Waals surface area contributed by atoms with Crippen LogP contribution in [0.1, 0.15) is 76.0 Å². The Balaban J connectivity index is 1.52. The van der Waals surface area contributed by atoms with E-state index in [1.807, 2.05) is 0 Å². The smallest absolute Gasteiger partial charge is 0.261 e. The van der Waals surface area contributed by atoms with Gasteiger partial charge in [-0.2, -0.15) is 0 Å². The summed E-state index contributed by atoms with van der Waals surface area (Å²) in [5, 5.41) is 6.31. The third kappa shape index (κ3) is 3.14. The maximum Gasteiger partial charge on any atom is 0.261 e. The molecule has 0 spiro atoms. The predicted molar refractivity (Wildman–Crippen MR) is 97.2 cm³/mol. The lowest BCUT2D eigenvalue weighted by atomic mass is 9.94. The molecule has 1 saturated carbocycles. The van der Waals surface area contributed by atoms with Crippen molar-refractivity contribution in [3.05, 3.63) is 34.9 Å². The first-order valence-corrected chi connectivity index (χ1v) is 9.68. The number of carbonyl (C=O) groups excluding carboxylic acids is 3. The number of nitrogens with zero attached hydrogens (tertiary/aromatic N) is 1. The van der Waals surface area contributed by atoms with Crippen molar-refractivity contribution >= 4 is 17.7 Å². The Kier molecular flexibility index (Phi) is 4.76. The number of piperidine rings is 1. The van der Waals surface area contributed by atoms with Gasteiger partial charge in [0.2, 0.25) is 0 Å². The molecule has 2 heterocycles. The molecule has 138 valence electrons. The lowest BCUT2D eigenvalue weighted by molar-refractivity contribution is 0.0548. The highest BCUT2D eigenvalue weighted by Crippen LogP contribution is 2.31. The van der Waals surface area contributed by atoms with Crippen molar-refractivity contribution in [1.82, 2.24) is 15.5 Å². The Morgan fingerprint density at radius 2 is 1.65 bits per heavy atom. The van der Waals surface area contributed by atoms with E-state index in [-0.39, 0.29) is 29.8 Å². The Bertz CT molecular complexity index is 734. The fraction of sp³-hybridized carbons (Fsp3) is 0.550. The van der Waals surface area contributed by atoms with Gasteiger partial charge in [0.25, 0.3) is 17.7 Å². The molecule has 1 saturated heterocycles. The van der Waals surface area contributed by atoms with Gasteiger partial charge >= 0.3 is 0 Å². The van der Waals surface area contributed by atoms with Crippen molar-refractivity contribution in [3.8, 4) is 0 Å². The molecule has 1 aromatic rings. The lowest BCUT2D eigenvalue weighted by Crippen LogP contribution is -2.42. The zero-order chi connectivity index (χ0) is 18.1. The topological polar surface area (TPSA) is 78.5 Å². The molecule has 0 aromatic heterocycles. The van der Waals surface area contributed by atoms with Gasteiger partial charge in [-0.15, -0.1) is 0 Å². The van der Waals surface area contributed by atoms with E-state index < -0.39 is 0 Å². The van der Waals surface area contributed by atoms with E-state index >= 15 is 0 Å². The molecule has 3 aliphatic rings. The van der Waals surface area contributed by atoms with Crippen LogP contribution in [0.25, 0.3) is 0 Å². The van der Waals surface area contributed by atoms with Crippen molar-refractivity contribution in [3.63, 3.8) is 0 Å². The van der Waals surface area contributed by atoms with Crippen LogP contribution in [0.3, 0.4) is 0 Å². The maximum absolute atomic E-state index is 12.8. The second kappa shape index (κ2) is 7.19. The van der Waals surface area contributed by atoms with E-state index in [1.54, 1.807) is 18.2 Å². The summed E-state index contributed by atoms with van der Waals surface area (Å²) in [5.74, 6) is -0.619. The zero-order valence-electron chi connectivity index (χ0n) is 14.9. The van der Waals surface area contributed by atoms with Crippen molar-refractivity contribution < 1.29 is 14.4 Å². The van der Waals surface area contributed by atoms with Crippen LogP contribution in [0.5, 0.6) is 0 Å². The number of benzene rings is 1. The lowest BCUT2D eigenvalue weighted by Gasteiger charge is -2.29. The first kappa shape index (κ1) is 17.2. The summed E-state index contributed by atoms with van der Waals surface area (Å²) < 4.78 is 0. The van der Waals surface area contributed by atoms with Gasteiger partial charge in [0, 0.05) is 17.6 Å². The molecule has 0 radical (unpaired) electrons. The highest BCUT2D eigenvalue weighted by atomic mass is 16.2. The Morgan fingerprint density at radius 3 is 2.38 bits per heavy atom. The average molecular weight is 355 g/mol. The Labute approximate surface area is 153 Å². The minimum Gasteiger partial charge on any atom is -0.349 e. The van der Waals surface area contributed by atoms with Gasteiger partial charge in [0.1, 0.15) is 0 Å². The normalized spacial score (nSPS) is 21.8. The molecule has 2 fully saturated rings. The van der Waals surface area contributed by atoms with Gasteiger partial charge < -0.3 is 10.6 Å². The molecule has 0 unspecified atom stereocenters. The fourth-order valence-electron chi connectivity index (χ4n) is 4.31. The Hall–Kier alpha value is -2.21. The molecular formula is C20H25N3O3. The molecule has 1 aliphatic carbocycles. The van der Waals surface area contributed by atoms with E-state index in [1.165, 1.54) is 11.3 Å². The molecule has 26 heavy (non-hydrogen) atoms. The van der Waals surface area contributed by atoms with E-state index in [4.69, 9.17) is 0 Å². The number of carbonyl (C=O) groups is 3. The third-order valence-corrected chi connectivity index (χ3v) is 5.79. The van der Waals surface area contributed by atoms with Crippen LogP contribution in [0.15, 0.2) is 18.2 Å². The summed E-state index contributed by atoms with van der Waals surface area (Å²) >= 11 is 0. The molecule has 4 rings (SSSR count). The molecular weight excluding hydrogens is 330 g/mol. The van der Waals surface area contributed by atoms with E-state index in [0.29, 0.717) is 16.7 Å². The minimum atomic E-state index is -0.242. The van der Waals surface area contributed by atoms with Crippen LogP contribution in [0.4, 0.5) is 0 Å². The number of hydrogen-bond donors (Lipinski definition) is 2. The van der Waals surface area contributed by atoms with E-state index in [0.717, 1.165) is 51.6 Å². The first-order valence-electron chi connectivity index (χ1n) is 9.68. The SMILES string of the molecule is O=C(NC1CCNCC1)c1ccc2c(c1)C(=O)N(C1CCCCC1)C2=O. The molecule has 3 amide bonds. The number of fused-ring (bicyclic) bond motifs is 1. The highest BCUT2D eigenvalue weighted by molar-refractivity contribution is 6.22. The van der Waals surface area contributed by atoms with E-state index in [9.17, 15) is 14.4 Å². The third-order valence-electron chi connectivity index (χ3n) is 5.79. The van der Waals surface area contributed by atoms with Crippen LogP contribution in [-0.4, -0.2) is 47.8 Å². The molecule has 0 bridgehead atoms.